The average Bonchev–Trinajstić information content (AvgIpc) is 3.26. The van der Waals surface area contributed by atoms with E-state index >= 15 is 0 Å². The molecule has 1 saturated heterocycles. The minimum Gasteiger partial charge on any atom is -0.368 e. The van der Waals surface area contributed by atoms with Gasteiger partial charge >= 0.3 is 6.01 Å². The minimum absolute atomic E-state index is 0.255. The van der Waals surface area contributed by atoms with E-state index in [0.717, 1.165) is 55.3 Å². The van der Waals surface area contributed by atoms with Crippen molar-refractivity contribution in [2.75, 3.05) is 24.6 Å². The molecule has 1 aromatic carbocycles. The molecule has 0 atom stereocenters. The Balaban J connectivity index is 1.41. The molecule has 2 aromatic heterocycles. The Morgan fingerprint density at radius 1 is 1.07 bits per heavy atom. The van der Waals surface area contributed by atoms with Crippen LogP contribution < -0.4 is 4.90 Å². The molecule has 5 rings (SSSR count). The van der Waals surface area contributed by atoms with E-state index in [2.05, 4.69) is 33.9 Å². The predicted octanol–water partition coefficient (Wildman–Crippen LogP) is 3.72. The first-order valence-corrected chi connectivity index (χ1v) is 10.3. The van der Waals surface area contributed by atoms with Gasteiger partial charge in [0.15, 0.2) is 11.6 Å². The van der Waals surface area contributed by atoms with Crippen LogP contribution in [0.1, 0.15) is 49.7 Å². The maximum atomic E-state index is 6.37. The number of rotatable bonds is 3. The van der Waals surface area contributed by atoms with Crippen LogP contribution in [-0.2, 0) is 16.8 Å². The van der Waals surface area contributed by atoms with Gasteiger partial charge in [-0.2, -0.15) is 4.98 Å². The molecule has 0 bridgehead atoms. The normalized spacial score (nSPS) is 18.2. The lowest BCUT2D eigenvalue weighted by atomic mass is 9.83. The number of piperidine rings is 1. The largest absolute Gasteiger partial charge is 0.368 e. The number of fused-ring (bicyclic) bond motifs is 2. The monoisotopic (exact) mass is 391 g/mol. The second-order valence-electron chi connectivity index (χ2n) is 8.10. The lowest BCUT2D eigenvalue weighted by Gasteiger charge is -2.43. The third-order valence-electron chi connectivity index (χ3n) is 5.87. The van der Waals surface area contributed by atoms with Crippen molar-refractivity contribution in [2.45, 2.75) is 44.6 Å². The number of hydrogen-bond donors (Lipinski definition) is 0. The van der Waals surface area contributed by atoms with E-state index in [9.17, 15) is 0 Å². The molecule has 0 radical (unpaired) electrons. The van der Waals surface area contributed by atoms with Gasteiger partial charge in [0.2, 0.25) is 0 Å². The predicted molar refractivity (Wildman–Crippen MR) is 109 cm³/mol. The zero-order valence-electron chi connectivity index (χ0n) is 16.8. The smallest absolute Gasteiger partial charge is 0.324 e. The Hall–Kier alpha value is -2.80. The fourth-order valence-electron chi connectivity index (χ4n) is 4.16. The number of ether oxygens (including phenoxy) is 1. The Labute approximate surface area is 170 Å². The standard InChI is InChI=1S/C22H25N5O2/c1-15(2)19-25-21(29-26-19)27-11-9-22(10-12-27)18-17(8-13-28-22)14-23-20(24-18)16-6-4-3-5-7-16/h3-7,14-15H,8-13H2,1-2H3. The summed E-state index contributed by atoms with van der Waals surface area (Å²) in [7, 11) is 0. The van der Waals surface area contributed by atoms with Crippen LogP contribution in [0.3, 0.4) is 0 Å². The molecule has 4 heterocycles. The van der Waals surface area contributed by atoms with Crippen LogP contribution in [0.15, 0.2) is 41.1 Å². The molecular formula is C22H25N5O2. The molecule has 0 amide bonds. The molecule has 2 aliphatic rings. The highest BCUT2D eigenvalue weighted by Gasteiger charge is 2.43. The zero-order valence-corrected chi connectivity index (χ0v) is 16.8. The SMILES string of the molecule is CC(C)c1noc(N2CCC3(CC2)OCCc2cnc(-c4ccccc4)nc23)n1. The van der Waals surface area contributed by atoms with Crippen molar-refractivity contribution >= 4 is 6.01 Å². The summed E-state index contributed by atoms with van der Waals surface area (Å²) in [6.45, 7) is 6.43. The van der Waals surface area contributed by atoms with Crippen molar-refractivity contribution in [3.63, 3.8) is 0 Å². The fraction of sp³-hybridized carbons (Fsp3) is 0.455. The summed E-state index contributed by atoms with van der Waals surface area (Å²) >= 11 is 0. The van der Waals surface area contributed by atoms with Gasteiger partial charge in [-0.1, -0.05) is 49.3 Å². The number of hydrogen-bond acceptors (Lipinski definition) is 7. The maximum absolute atomic E-state index is 6.37. The minimum atomic E-state index is -0.364. The van der Waals surface area contributed by atoms with Crippen LogP contribution in [0.5, 0.6) is 0 Å². The van der Waals surface area contributed by atoms with Crippen molar-refractivity contribution in [3.8, 4) is 11.4 Å². The second-order valence-corrected chi connectivity index (χ2v) is 8.10. The van der Waals surface area contributed by atoms with Crippen molar-refractivity contribution in [2.24, 2.45) is 0 Å². The van der Waals surface area contributed by atoms with Crippen LogP contribution >= 0.6 is 0 Å². The van der Waals surface area contributed by atoms with Crippen molar-refractivity contribution in [1.82, 2.24) is 20.1 Å². The first-order valence-electron chi connectivity index (χ1n) is 10.3. The van der Waals surface area contributed by atoms with Gasteiger partial charge in [-0.15, -0.1) is 0 Å². The number of aromatic nitrogens is 4. The van der Waals surface area contributed by atoms with Crippen LogP contribution in [0.2, 0.25) is 0 Å². The second kappa shape index (κ2) is 7.22. The van der Waals surface area contributed by atoms with Crippen molar-refractivity contribution < 1.29 is 9.26 Å². The van der Waals surface area contributed by atoms with Crippen molar-refractivity contribution in [3.05, 3.63) is 53.6 Å². The topological polar surface area (TPSA) is 77.2 Å². The van der Waals surface area contributed by atoms with E-state index in [1.54, 1.807) is 0 Å². The molecular weight excluding hydrogens is 366 g/mol. The molecule has 7 heteroatoms. The van der Waals surface area contributed by atoms with Crippen molar-refractivity contribution in [1.29, 1.82) is 0 Å². The Morgan fingerprint density at radius 3 is 2.59 bits per heavy atom. The third kappa shape index (κ3) is 3.29. The maximum Gasteiger partial charge on any atom is 0.324 e. The quantitative estimate of drug-likeness (QED) is 0.673. The summed E-state index contributed by atoms with van der Waals surface area (Å²) in [5.74, 6) is 1.76. The van der Waals surface area contributed by atoms with Gasteiger partial charge in [-0.05, 0) is 24.8 Å². The molecule has 7 nitrogen and oxygen atoms in total. The van der Waals surface area contributed by atoms with Gasteiger partial charge in [-0.25, -0.2) is 9.97 Å². The molecule has 0 aliphatic carbocycles. The zero-order chi connectivity index (χ0) is 19.8. The van der Waals surface area contributed by atoms with Gasteiger partial charge in [-0.3, -0.25) is 0 Å². The van der Waals surface area contributed by atoms with Gasteiger partial charge in [0.05, 0.1) is 12.3 Å². The van der Waals surface area contributed by atoms with Crippen LogP contribution in [-0.4, -0.2) is 39.8 Å². The summed E-state index contributed by atoms with van der Waals surface area (Å²) in [6, 6.07) is 10.7. The fourth-order valence-corrected chi connectivity index (χ4v) is 4.16. The Kier molecular flexibility index (Phi) is 4.54. The Morgan fingerprint density at radius 2 is 1.86 bits per heavy atom. The van der Waals surface area contributed by atoms with E-state index in [-0.39, 0.29) is 11.5 Å². The molecule has 1 spiro atoms. The van der Waals surface area contributed by atoms with Crippen LogP contribution in [0.4, 0.5) is 6.01 Å². The van der Waals surface area contributed by atoms with Crippen LogP contribution in [0.25, 0.3) is 11.4 Å². The first kappa shape index (κ1) is 18.2. The number of benzene rings is 1. The molecule has 0 unspecified atom stereocenters. The summed E-state index contributed by atoms with van der Waals surface area (Å²) in [4.78, 5) is 16.3. The average molecular weight is 391 g/mol. The number of anilines is 1. The lowest BCUT2D eigenvalue weighted by molar-refractivity contribution is -0.0805. The highest BCUT2D eigenvalue weighted by atomic mass is 16.5. The summed E-state index contributed by atoms with van der Waals surface area (Å²) in [5.41, 5.74) is 2.91. The third-order valence-corrected chi connectivity index (χ3v) is 5.87. The molecule has 0 saturated carbocycles. The van der Waals surface area contributed by atoms with Gasteiger partial charge in [0.1, 0.15) is 5.60 Å². The molecule has 1 fully saturated rings. The van der Waals surface area contributed by atoms with E-state index in [4.69, 9.17) is 14.2 Å². The Bertz CT molecular complexity index is 993. The first-order chi connectivity index (χ1) is 14.1. The highest BCUT2D eigenvalue weighted by molar-refractivity contribution is 5.55. The molecule has 3 aromatic rings. The molecule has 2 aliphatic heterocycles. The number of nitrogens with zero attached hydrogens (tertiary/aromatic N) is 5. The van der Waals surface area contributed by atoms with E-state index in [1.165, 1.54) is 5.56 Å². The van der Waals surface area contributed by atoms with E-state index in [0.29, 0.717) is 12.6 Å². The van der Waals surface area contributed by atoms with E-state index in [1.807, 2.05) is 36.5 Å². The van der Waals surface area contributed by atoms with Gasteiger partial charge in [0.25, 0.3) is 0 Å². The highest BCUT2D eigenvalue weighted by Crippen LogP contribution is 2.41. The summed E-state index contributed by atoms with van der Waals surface area (Å²) in [6.07, 6.45) is 4.51. The molecule has 150 valence electrons. The molecule has 29 heavy (non-hydrogen) atoms. The van der Waals surface area contributed by atoms with Gasteiger partial charge < -0.3 is 14.2 Å². The summed E-state index contributed by atoms with van der Waals surface area (Å²) < 4.78 is 11.9. The lowest BCUT2D eigenvalue weighted by Crippen LogP contribution is -2.47. The molecule has 0 N–H and O–H groups in total. The van der Waals surface area contributed by atoms with Crippen LogP contribution in [0, 0.1) is 0 Å². The van der Waals surface area contributed by atoms with Gasteiger partial charge in [0, 0.05) is 30.8 Å². The summed E-state index contributed by atoms with van der Waals surface area (Å²) in [5, 5.41) is 4.10. The van der Waals surface area contributed by atoms with E-state index < -0.39 is 0 Å².